The smallest absolute Gasteiger partial charge is 0.279 e. The van der Waals surface area contributed by atoms with Crippen LogP contribution in [0.15, 0.2) is 87.7 Å². The van der Waals surface area contributed by atoms with Crippen LogP contribution in [0.4, 0.5) is 11.4 Å². The van der Waals surface area contributed by atoms with Gasteiger partial charge in [0.1, 0.15) is 0 Å². The minimum Gasteiger partial charge on any atom is -0.279 e. The van der Waals surface area contributed by atoms with Gasteiger partial charge in [-0.3, -0.25) is 15.5 Å². The van der Waals surface area contributed by atoms with Crippen LogP contribution in [0.25, 0.3) is 0 Å². The molecule has 0 fully saturated rings. The third-order valence-corrected chi connectivity index (χ3v) is 4.68. The van der Waals surface area contributed by atoms with E-state index in [1.165, 1.54) is 17.8 Å². The second kappa shape index (κ2) is 8.31. The Morgan fingerprint density at radius 1 is 1.04 bits per heavy atom. The highest BCUT2D eigenvalue weighted by molar-refractivity contribution is 7.99. The third-order valence-electron chi connectivity index (χ3n) is 3.61. The molecule has 0 aliphatic carbocycles. The van der Waals surface area contributed by atoms with Crippen molar-refractivity contribution >= 4 is 29.4 Å². The van der Waals surface area contributed by atoms with Gasteiger partial charge in [0, 0.05) is 16.5 Å². The van der Waals surface area contributed by atoms with E-state index in [1.54, 1.807) is 12.3 Å². The molecule has 0 bridgehead atoms. The summed E-state index contributed by atoms with van der Waals surface area (Å²) < 4.78 is 0. The second-order valence-corrected chi connectivity index (χ2v) is 6.75. The molecule has 0 spiro atoms. The molecule has 3 aromatic carbocycles. The molecule has 0 radical (unpaired) electrons. The molecule has 26 heavy (non-hydrogen) atoms. The number of benzene rings is 3. The van der Waals surface area contributed by atoms with Gasteiger partial charge in [-0.2, -0.15) is 5.10 Å². The highest BCUT2D eigenvalue weighted by Crippen LogP contribution is 2.35. The molecule has 0 aromatic heterocycles. The molecule has 0 saturated carbocycles. The zero-order valence-electron chi connectivity index (χ0n) is 14.1. The topological polar surface area (TPSA) is 67.5 Å². The van der Waals surface area contributed by atoms with Crippen LogP contribution in [0.5, 0.6) is 0 Å². The summed E-state index contributed by atoms with van der Waals surface area (Å²) in [4.78, 5) is 12.7. The fourth-order valence-electron chi connectivity index (χ4n) is 2.27. The van der Waals surface area contributed by atoms with Crippen molar-refractivity contribution in [2.75, 3.05) is 5.43 Å². The molecule has 3 rings (SSSR count). The number of para-hydroxylation sites is 1. The van der Waals surface area contributed by atoms with E-state index in [2.05, 4.69) is 10.5 Å². The lowest BCUT2D eigenvalue weighted by Crippen LogP contribution is -1.95. The molecule has 0 amide bonds. The van der Waals surface area contributed by atoms with Crippen molar-refractivity contribution in [3.8, 4) is 0 Å². The number of hydrogen-bond acceptors (Lipinski definition) is 5. The normalized spacial score (nSPS) is 10.8. The Labute approximate surface area is 155 Å². The first-order chi connectivity index (χ1) is 12.6. The first-order valence-electron chi connectivity index (χ1n) is 7.99. The summed E-state index contributed by atoms with van der Waals surface area (Å²) in [5.41, 5.74) is 5.63. The van der Waals surface area contributed by atoms with E-state index >= 15 is 0 Å². The summed E-state index contributed by atoms with van der Waals surface area (Å²) in [6.45, 7) is 2.01. The molecular formula is C20H17N3O2S. The van der Waals surface area contributed by atoms with Crippen LogP contribution in [0.3, 0.4) is 0 Å². The van der Waals surface area contributed by atoms with Gasteiger partial charge in [0.2, 0.25) is 0 Å². The van der Waals surface area contributed by atoms with E-state index in [9.17, 15) is 10.1 Å². The zero-order chi connectivity index (χ0) is 18.4. The number of hydrogen-bond donors (Lipinski definition) is 1. The Bertz CT molecular complexity index is 926. The molecule has 0 aliphatic rings. The maximum Gasteiger partial charge on any atom is 0.283 e. The van der Waals surface area contributed by atoms with Crippen LogP contribution in [0.2, 0.25) is 0 Å². The standard InChI is InChI=1S/C20H17N3O2S/c1-15-7-10-18(11-8-15)26-20-12-9-16(13-19(20)23(24)25)14-21-22-17-5-3-2-4-6-17/h2-14,22H,1H3/b21-14-. The summed E-state index contributed by atoms with van der Waals surface area (Å²) in [6.07, 6.45) is 1.57. The molecule has 6 heteroatoms. The van der Waals surface area contributed by atoms with Crippen molar-refractivity contribution in [3.05, 3.63) is 94.0 Å². The molecule has 130 valence electrons. The van der Waals surface area contributed by atoms with Gasteiger partial charge in [-0.1, -0.05) is 53.7 Å². The molecule has 0 heterocycles. The quantitative estimate of drug-likeness (QED) is 0.357. The number of nitrogens with one attached hydrogen (secondary N) is 1. The van der Waals surface area contributed by atoms with Gasteiger partial charge in [0.15, 0.2) is 0 Å². The van der Waals surface area contributed by atoms with Crippen LogP contribution in [-0.4, -0.2) is 11.1 Å². The monoisotopic (exact) mass is 363 g/mol. The molecule has 1 N–H and O–H groups in total. The van der Waals surface area contributed by atoms with Crippen molar-refractivity contribution in [1.82, 2.24) is 0 Å². The predicted molar refractivity (Wildman–Crippen MR) is 106 cm³/mol. The number of anilines is 1. The molecule has 0 saturated heterocycles. The number of rotatable bonds is 6. The summed E-state index contributed by atoms with van der Waals surface area (Å²) in [5.74, 6) is 0. The van der Waals surface area contributed by atoms with Crippen LogP contribution < -0.4 is 5.43 Å². The summed E-state index contributed by atoms with van der Waals surface area (Å²) in [5, 5.41) is 15.6. The van der Waals surface area contributed by atoms with Crippen molar-refractivity contribution in [1.29, 1.82) is 0 Å². The lowest BCUT2D eigenvalue weighted by Gasteiger charge is -2.05. The molecular weight excluding hydrogens is 346 g/mol. The molecule has 0 aliphatic heterocycles. The molecule has 5 nitrogen and oxygen atoms in total. The van der Waals surface area contributed by atoms with Gasteiger partial charge in [0.25, 0.3) is 5.69 Å². The third kappa shape index (κ3) is 4.70. The van der Waals surface area contributed by atoms with Crippen molar-refractivity contribution < 1.29 is 4.92 Å². The van der Waals surface area contributed by atoms with E-state index in [1.807, 2.05) is 67.6 Å². The highest BCUT2D eigenvalue weighted by atomic mass is 32.2. The van der Waals surface area contributed by atoms with E-state index in [0.29, 0.717) is 10.5 Å². The number of nitrogens with zero attached hydrogens (tertiary/aromatic N) is 2. The van der Waals surface area contributed by atoms with Gasteiger partial charge in [-0.05, 0) is 37.3 Å². The Balaban J connectivity index is 1.78. The second-order valence-electron chi connectivity index (χ2n) is 5.64. The Hall–Kier alpha value is -3.12. The maximum atomic E-state index is 11.4. The number of aryl methyl sites for hydroxylation is 1. The Morgan fingerprint density at radius 2 is 1.77 bits per heavy atom. The van der Waals surface area contributed by atoms with Crippen LogP contribution in [-0.2, 0) is 0 Å². The summed E-state index contributed by atoms with van der Waals surface area (Å²) in [6, 6.07) is 22.5. The fourth-order valence-corrected chi connectivity index (χ4v) is 3.17. The van der Waals surface area contributed by atoms with Crippen molar-refractivity contribution in [2.45, 2.75) is 16.7 Å². The molecule has 0 atom stereocenters. The van der Waals surface area contributed by atoms with Gasteiger partial charge in [-0.15, -0.1) is 0 Å². The van der Waals surface area contributed by atoms with Gasteiger partial charge >= 0.3 is 0 Å². The summed E-state index contributed by atoms with van der Waals surface area (Å²) >= 11 is 1.38. The average molecular weight is 363 g/mol. The van der Waals surface area contributed by atoms with E-state index < -0.39 is 0 Å². The Morgan fingerprint density at radius 3 is 2.46 bits per heavy atom. The van der Waals surface area contributed by atoms with Crippen LogP contribution >= 0.6 is 11.8 Å². The lowest BCUT2D eigenvalue weighted by atomic mass is 10.2. The molecule has 3 aromatic rings. The van der Waals surface area contributed by atoms with Crippen molar-refractivity contribution in [3.63, 3.8) is 0 Å². The van der Waals surface area contributed by atoms with Gasteiger partial charge < -0.3 is 0 Å². The number of nitro groups is 1. The van der Waals surface area contributed by atoms with Crippen LogP contribution in [0.1, 0.15) is 11.1 Å². The largest absolute Gasteiger partial charge is 0.283 e. The first kappa shape index (κ1) is 17.7. The van der Waals surface area contributed by atoms with Crippen LogP contribution in [0, 0.1) is 17.0 Å². The van der Waals surface area contributed by atoms with E-state index in [4.69, 9.17) is 0 Å². The average Bonchev–Trinajstić information content (AvgIpc) is 2.65. The molecule has 0 unspecified atom stereocenters. The number of hydrazone groups is 1. The lowest BCUT2D eigenvalue weighted by molar-refractivity contribution is -0.387. The summed E-state index contributed by atoms with van der Waals surface area (Å²) in [7, 11) is 0. The van der Waals surface area contributed by atoms with E-state index in [0.717, 1.165) is 16.1 Å². The SMILES string of the molecule is Cc1ccc(Sc2ccc(/C=N\Nc3ccccc3)cc2[N+](=O)[O-])cc1. The van der Waals surface area contributed by atoms with Crippen molar-refractivity contribution in [2.24, 2.45) is 5.10 Å². The first-order valence-corrected chi connectivity index (χ1v) is 8.80. The highest BCUT2D eigenvalue weighted by Gasteiger charge is 2.15. The number of nitro benzene ring substituents is 1. The minimum absolute atomic E-state index is 0.0687. The predicted octanol–water partition coefficient (Wildman–Crippen LogP) is 5.50. The fraction of sp³-hybridized carbons (Fsp3) is 0.0500. The maximum absolute atomic E-state index is 11.4. The van der Waals surface area contributed by atoms with Gasteiger partial charge in [-0.25, -0.2) is 0 Å². The van der Waals surface area contributed by atoms with E-state index in [-0.39, 0.29) is 10.6 Å². The minimum atomic E-state index is -0.363. The zero-order valence-corrected chi connectivity index (χ0v) is 14.9. The Kier molecular flexibility index (Phi) is 5.66. The van der Waals surface area contributed by atoms with Gasteiger partial charge in [0.05, 0.1) is 21.7 Å².